The third-order valence-corrected chi connectivity index (χ3v) is 15.3. The minimum absolute atomic E-state index is 0.286. The highest BCUT2D eigenvalue weighted by atomic mass is 32.3. The predicted octanol–water partition coefficient (Wildman–Crippen LogP) is 6.59. The molecular formula is C46H79N9O12S2. The summed E-state index contributed by atoms with van der Waals surface area (Å²) in [4.78, 5) is 27.8. The van der Waals surface area contributed by atoms with E-state index in [0.29, 0.717) is 67.7 Å². The Hall–Kier alpha value is -3.42. The molecule has 21 nitrogen and oxygen atoms in total. The number of aryl methyl sites for hydroxylation is 1. The van der Waals surface area contributed by atoms with E-state index in [1.807, 2.05) is 12.1 Å². The number of amides is 4. The molecule has 6 aliphatic rings. The molecule has 1 saturated carbocycles. The second kappa shape index (κ2) is 25.8. The molecule has 69 heavy (non-hydrogen) atoms. The van der Waals surface area contributed by atoms with Crippen LogP contribution in [0.3, 0.4) is 0 Å². The molecule has 23 heteroatoms. The lowest BCUT2D eigenvalue weighted by atomic mass is 9.82. The molecule has 4 atom stereocenters. The molecule has 0 aromatic carbocycles. The first-order valence-electron chi connectivity index (χ1n) is 25.8. The van der Waals surface area contributed by atoms with Gasteiger partial charge in [0, 0.05) is 63.7 Å². The quantitative estimate of drug-likeness (QED) is 0.0511. The predicted molar refractivity (Wildman–Crippen MR) is 254 cm³/mol. The number of urea groups is 2. The van der Waals surface area contributed by atoms with Crippen LogP contribution in [0.5, 0.6) is 0 Å². The highest BCUT2D eigenvalue weighted by Crippen LogP contribution is 2.40. The van der Waals surface area contributed by atoms with Crippen LogP contribution in [0, 0.1) is 5.92 Å². The van der Waals surface area contributed by atoms with Crippen LogP contribution in [0.4, 0.5) is 9.59 Å². The smallest absolute Gasteiger partial charge is 0.418 e. The molecule has 0 radical (unpaired) electrons. The fourth-order valence-electron chi connectivity index (χ4n) is 10.3. The van der Waals surface area contributed by atoms with Gasteiger partial charge in [-0.25, -0.2) is 18.0 Å². The molecule has 7 heterocycles. The van der Waals surface area contributed by atoms with Crippen molar-refractivity contribution in [3.63, 3.8) is 0 Å². The average molecular weight is 1010 g/mol. The number of nitrogens with zero attached hydrogens (tertiary/aromatic N) is 7. The molecule has 3 N–H and O–H groups in total. The van der Waals surface area contributed by atoms with Gasteiger partial charge in [0.05, 0.1) is 50.3 Å². The van der Waals surface area contributed by atoms with Crippen molar-refractivity contribution in [2.45, 2.75) is 180 Å². The third-order valence-electron chi connectivity index (χ3n) is 14.6. The van der Waals surface area contributed by atoms with Crippen molar-refractivity contribution in [1.82, 2.24) is 40.9 Å². The van der Waals surface area contributed by atoms with Gasteiger partial charge in [0.2, 0.25) is 10.4 Å². The zero-order valence-electron chi connectivity index (χ0n) is 41.3. The Morgan fingerprint density at radius 3 is 1.61 bits per heavy atom. The number of rotatable bonds is 26. The average Bonchev–Trinajstić information content (AvgIpc) is 4.06. The molecule has 1 aliphatic carbocycles. The van der Waals surface area contributed by atoms with E-state index >= 15 is 0 Å². The van der Waals surface area contributed by atoms with Gasteiger partial charge in [-0.15, -0.1) is 4.28 Å². The standard InChI is InChI=1S/C16H23N3O6S.C16H36N.C14H21N5O6S/c20-16-18-10-12(19(16)25-26(21,22)23)7-8-15(18)14-9-13(24-17-14)6-2-5-11-3-1-4-11;1-5-9-13-17(14-10-6-2,15-11-7-3)16-12-8-4;20-14-18-8-10(19(14)25-26(21,22)23)1-2-13(18)12-5-11(24-17-12)3-4-16-9-6-15-7-9/h9,11-12,15H,1-8,10H2,(H,21,22,23);5-16H2,1-4H3;5,9-10,13,15-16H,1-4,6-8H2,(H,21,22,23)/q;+1;/p-1/t12-,15+;;10-,13+/m1.1/s1. The molecule has 392 valence electrons. The first-order chi connectivity index (χ1) is 33.1. The number of aromatic nitrogens is 2. The van der Waals surface area contributed by atoms with E-state index in [2.05, 4.69) is 57.2 Å². The summed E-state index contributed by atoms with van der Waals surface area (Å²) in [6.45, 7) is 18.4. The van der Waals surface area contributed by atoms with Crippen molar-refractivity contribution in [3.8, 4) is 0 Å². The lowest BCUT2D eigenvalue weighted by Gasteiger charge is -2.39. The van der Waals surface area contributed by atoms with E-state index in [1.54, 1.807) is 0 Å². The molecule has 5 aliphatic heterocycles. The van der Waals surface area contributed by atoms with Gasteiger partial charge in [-0.05, 0) is 63.7 Å². The molecule has 0 unspecified atom stereocenters. The van der Waals surface area contributed by atoms with Crippen LogP contribution in [0.1, 0.15) is 172 Å². The summed E-state index contributed by atoms with van der Waals surface area (Å²) in [6, 6.07) is 1.58. The highest BCUT2D eigenvalue weighted by molar-refractivity contribution is 7.81. The van der Waals surface area contributed by atoms with Gasteiger partial charge in [-0.3, -0.25) is 4.55 Å². The largest absolute Gasteiger partial charge is 0.724 e. The molecule has 2 aromatic heterocycles. The second-order valence-corrected chi connectivity index (χ2v) is 21.8. The van der Waals surface area contributed by atoms with Crippen LogP contribution in [0.15, 0.2) is 21.2 Å². The SMILES string of the molecule is CCCC[N+](CCCC)(CCCC)CCCC.O=C1N2C[C@@H](CC[C@H]2c2cc(CCCC3CCC3)on2)N1OS(=O)(=O)[O-].O=C1N2C[C@@H](CC[C@H]2c2cc(CCNC3CNC3)on2)N1OS(=O)(=O)O. The first kappa shape index (κ1) is 54.9. The number of hydroxylamine groups is 4. The van der Waals surface area contributed by atoms with E-state index in [9.17, 15) is 31.0 Å². The monoisotopic (exact) mass is 1010 g/mol. The number of hydrogen-bond donors (Lipinski definition) is 3. The first-order valence-corrected chi connectivity index (χ1v) is 28.5. The number of nitrogens with one attached hydrogen (secondary N) is 2. The van der Waals surface area contributed by atoms with Crippen molar-refractivity contribution < 1.29 is 57.6 Å². The number of piperidine rings is 2. The van der Waals surface area contributed by atoms with Gasteiger partial charge in [-0.2, -0.15) is 22.8 Å². The van der Waals surface area contributed by atoms with Crippen LogP contribution < -0.4 is 10.6 Å². The Kier molecular flexibility index (Phi) is 20.5. The molecule has 2 aromatic rings. The number of carbonyl (C=O) groups is 2. The van der Waals surface area contributed by atoms with Crippen molar-refractivity contribution >= 4 is 32.9 Å². The molecule has 8 rings (SSSR count). The third kappa shape index (κ3) is 15.8. The fourth-order valence-corrected chi connectivity index (χ4v) is 11.1. The van der Waals surface area contributed by atoms with Gasteiger partial charge in [0.25, 0.3) is 0 Å². The number of quaternary nitrogens is 1. The number of fused-ring (bicyclic) bond motifs is 4. The van der Waals surface area contributed by atoms with Crippen molar-refractivity contribution in [2.24, 2.45) is 5.92 Å². The van der Waals surface area contributed by atoms with Crippen molar-refractivity contribution in [1.29, 1.82) is 0 Å². The van der Waals surface area contributed by atoms with Crippen LogP contribution in [0.2, 0.25) is 0 Å². The molecule has 4 bridgehead atoms. The van der Waals surface area contributed by atoms with Gasteiger partial charge in [-0.1, -0.05) is 89.4 Å². The van der Waals surface area contributed by atoms with Gasteiger partial charge < -0.3 is 38.5 Å². The Balaban J connectivity index is 0.000000175. The minimum atomic E-state index is -4.98. The van der Waals surface area contributed by atoms with Gasteiger partial charge in [0.1, 0.15) is 22.9 Å². The molecular weight excluding hydrogens is 935 g/mol. The fraction of sp³-hybridized carbons (Fsp3) is 0.826. The number of carbonyl (C=O) groups excluding carboxylic acids is 2. The maximum absolute atomic E-state index is 12.4. The summed E-state index contributed by atoms with van der Waals surface area (Å²) in [6.07, 6.45) is 21.2. The normalized spacial score (nSPS) is 22.9. The second-order valence-electron chi connectivity index (χ2n) is 19.8. The maximum atomic E-state index is 12.4. The molecule has 6 fully saturated rings. The van der Waals surface area contributed by atoms with E-state index < -0.39 is 44.9 Å². The lowest BCUT2D eigenvalue weighted by Crippen LogP contribution is -2.55. The van der Waals surface area contributed by atoms with Gasteiger partial charge in [0.15, 0.2) is 0 Å². The van der Waals surface area contributed by atoms with Crippen molar-refractivity contribution in [3.05, 3.63) is 35.0 Å². The molecule has 4 amide bonds. The van der Waals surface area contributed by atoms with Gasteiger partial charge >= 0.3 is 22.5 Å². The van der Waals surface area contributed by atoms with E-state index in [4.69, 9.17) is 13.6 Å². The summed E-state index contributed by atoms with van der Waals surface area (Å²) in [7, 11) is -9.72. The summed E-state index contributed by atoms with van der Waals surface area (Å²) in [5.74, 6) is 2.40. The Labute approximate surface area is 409 Å². The van der Waals surface area contributed by atoms with Crippen molar-refractivity contribution in [2.75, 3.05) is 58.9 Å². The van der Waals surface area contributed by atoms with Crippen LogP contribution in [-0.4, -0.2) is 150 Å². The highest BCUT2D eigenvalue weighted by Gasteiger charge is 2.49. The lowest BCUT2D eigenvalue weighted by molar-refractivity contribution is -0.929. The summed E-state index contributed by atoms with van der Waals surface area (Å²) in [5, 5.41) is 16.2. The van der Waals surface area contributed by atoms with Crippen LogP contribution in [-0.2, 0) is 42.2 Å². The Morgan fingerprint density at radius 2 is 1.20 bits per heavy atom. The maximum Gasteiger partial charge on any atom is 0.418 e. The zero-order chi connectivity index (χ0) is 49.6. The van der Waals surface area contributed by atoms with E-state index in [0.717, 1.165) is 55.0 Å². The minimum Gasteiger partial charge on any atom is -0.724 e. The van der Waals surface area contributed by atoms with E-state index in [1.165, 1.54) is 118 Å². The zero-order valence-corrected chi connectivity index (χ0v) is 42.9. The summed E-state index contributed by atoms with van der Waals surface area (Å²) >= 11 is 0. The summed E-state index contributed by atoms with van der Waals surface area (Å²) < 4.78 is 84.2. The molecule has 0 spiro atoms. The number of unbranched alkanes of at least 4 members (excludes halogenated alkanes) is 4. The Bertz CT molecular complexity index is 1970. The van der Waals surface area contributed by atoms with Crippen LogP contribution in [0.25, 0.3) is 0 Å². The van der Waals surface area contributed by atoms with Crippen LogP contribution >= 0.6 is 0 Å². The number of hydrogen-bond acceptors (Lipinski definition) is 15. The topological polar surface area (TPSA) is 253 Å². The van der Waals surface area contributed by atoms with E-state index in [-0.39, 0.29) is 12.1 Å². The summed E-state index contributed by atoms with van der Waals surface area (Å²) in [5.41, 5.74) is 1.31. The Morgan fingerprint density at radius 1 is 0.725 bits per heavy atom. The molecule has 5 saturated heterocycles.